The molecule has 0 amide bonds. The summed E-state index contributed by atoms with van der Waals surface area (Å²) in [5, 5.41) is 12.2. The van der Waals surface area contributed by atoms with Crippen molar-refractivity contribution in [3.05, 3.63) is 23.8 Å². The zero-order valence-corrected chi connectivity index (χ0v) is 10.9. The molecule has 1 aromatic carbocycles. The molecule has 0 aliphatic carbocycles. The molecule has 3 N–H and O–H groups in total. The predicted molar refractivity (Wildman–Crippen MR) is 71.8 cm³/mol. The summed E-state index contributed by atoms with van der Waals surface area (Å²) >= 11 is 0. The number of anilines is 2. The fourth-order valence-corrected chi connectivity index (χ4v) is 1.24. The van der Waals surface area contributed by atoms with E-state index in [-0.39, 0.29) is 5.54 Å². The Balaban J connectivity index is 2.74. The van der Waals surface area contributed by atoms with Gasteiger partial charge in [0.15, 0.2) is 0 Å². The molecule has 0 aliphatic rings. The standard InChI is InChI=1S/C13H20N4/c1-13(2,17(3)4)9-16-11-5-6-12(15)10(7-11)8-14/h5-7,16H,9,15H2,1-4H3. The molecule has 17 heavy (non-hydrogen) atoms. The van der Waals surface area contributed by atoms with Crippen LogP contribution < -0.4 is 11.1 Å². The van der Waals surface area contributed by atoms with Crippen molar-refractivity contribution >= 4 is 11.4 Å². The monoisotopic (exact) mass is 232 g/mol. The van der Waals surface area contributed by atoms with Crippen molar-refractivity contribution < 1.29 is 0 Å². The first-order valence-corrected chi connectivity index (χ1v) is 5.58. The molecule has 1 rings (SSSR count). The number of hydrogen-bond donors (Lipinski definition) is 2. The predicted octanol–water partition coefficient (Wildman–Crippen LogP) is 1.89. The van der Waals surface area contributed by atoms with Gasteiger partial charge in [0.1, 0.15) is 6.07 Å². The van der Waals surface area contributed by atoms with Crippen LogP contribution in [0.1, 0.15) is 19.4 Å². The molecule has 0 saturated heterocycles. The minimum Gasteiger partial charge on any atom is -0.398 e. The summed E-state index contributed by atoms with van der Waals surface area (Å²) in [6.07, 6.45) is 0. The lowest BCUT2D eigenvalue weighted by Crippen LogP contribution is -2.44. The number of nitrogens with two attached hydrogens (primary N) is 1. The molecule has 4 nitrogen and oxygen atoms in total. The molecule has 0 bridgehead atoms. The molecular weight excluding hydrogens is 212 g/mol. The van der Waals surface area contributed by atoms with Crippen LogP contribution in [0.25, 0.3) is 0 Å². The minimum absolute atomic E-state index is 0.0498. The number of hydrogen-bond acceptors (Lipinski definition) is 4. The van der Waals surface area contributed by atoms with Gasteiger partial charge < -0.3 is 16.0 Å². The molecule has 0 radical (unpaired) electrons. The molecule has 92 valence electrons. The van der Waals surface area contributed by atoms with Gasteiger partial charge in [-0.2, -0.15) is 5.26 Å². The average Bonchev–Trinajstić information content (AvgIpc) is 2.28. The maximum Gasteiger partial charge on any atom is 0.101 e. The van der Waals surface area contributed by atoms with E-state index in [9.17, 15) is 0 Å². The van der Waals surface area contributed by atoms with Gasteiger partial charge in [0.25, 0.3) is 0 Å². The van der Waals surface area contributed by atoms with Gasteiger partial charge in [0.05, 0.1) is 5.56 Å². The maximum absolute atomic E-state index is 8.89. The van der Waals surface area contributed by atoms with Gasteiger partial charge in [-0.3, -0.25) is 0 Å². The van der Waals surface area contributed by atoms with Gasteiger partial charge in [-0.1, -0.05) is 0 Å². The lowest BCUT2D eigenvalue weighted by atomic mass is 10.0. The largest absolute Gasteiger partial charge is 0.398 e. The van der Waals surface area contributed by atoms with Gasteiger partial charge in [-0.15, -0.1) is 0 Å². The van der Waals surface area contributed by atoms with Gasteiger partial charge in [0, 0.05) is 23.5 Å². The van der Waals surface area contributed by atoms with Crippen LogP contribution in [0.15, 0.2) is 18.2 Å². The number of nitrogens with zero attached hydrogens (tertiary/aromatic N) is 2. The second kappa shape index (κ2) is 5.07. The maximum atomic E-state index is 8.89. The third-order valence-corrected chi connectivity index (χ3v) is 3.11. The van der Waals surface area contributed by atoms with Crippen LogP contribution in [0.4, 0.5) is 11.4 Å². The van der Waals surface area contributed by atoms with Crippen LogP contribution in [0.2, 0.25) is 0 Å². The molecule has 0 aliphatic heterocycles. The molecule has 0 aromatic heterocycles. The first-order valence-electron chi connectivity index (χ1n) is 5.58. The van der Waals surface area contributed by atoms with Crippen molar-refractivity contribution in [1.82, 2.24) is 4.90 Å². The zero-order chi connectivity index (χ0) is 13.1. The molecule has 0 heterocycles. The molecule has 0 fully saturated rings. The van der Waals surface area contributed by atoms with Crippen molar-refractivity contribution in [3.63, 3.8) is 0 Å². The number of nitrogens with one attached hydrogen (secondary N) is 1. The van der Waals surface area contributed by atoms with Gasteiger partial charge in [-0.25, -0.2) is 0 Å². The quantitative estimate of drug-likeness (QED) is 0.778. The van der Waals surface area contributed by atoms with E-state index in [1.54, 1.807) is 12.1 Å². The zero-order valence-electron chi connectivity index (χ0n) is 10.9. The summed E-state index contributed by atoms with van der Waals surface area (Å²) in [5.41, 5.74) is 7.67. The fourth-order valence-electron chi connectivity index (χ4n) is 1.24. The Hall–Kier alpha value is -1.73. The lowest BCUT2D eigenvalue weighted by Gasteiger charge is -2.33. The highest BCUT2D eigenvalue weighted by atomic mass is 15.2. The summed E-state index contributed by atoms with van der Waals surface area (Å²) in [5.74, 6) is 0. The Labute approximate surface area is 103 Å². The Morgan fingerprint density at radius 3 is 2.59 bits per heavy atom. The van der Waals surface area contributed by atoms with E-state index < -0.39 is 0 Å². The van der Waals surface area contributed by atoms with Gasteiger partial charge in [0.2, 0.25) is 0 Å². The molecule has 0 spiro atoms. The van der Waals surface area contributed by atoms with Crippen molar-refractivity contribution in [2.24, 2.45) is 0 Å². The number of benzene rings is 1. The first kappa shape index (κ1) is 13.3. The smallest absolute Gasteiger partial charge is 0.101 e. The molecule has 0 atom stereocenters. The van der Waals surface area contributed by atoms with Crippen LogP contribution in [0, 0.1) is 11.3 Å². The summed E-state index contributed by atoms with van der Waals surface area (Å²) < 4.78 is 0. The van der Waals surface area contributed by atoms with Crippen LogP contribution >= 0.6 is 0 Å². The van der Waals surface area contributed by atoms with E-state index in [1.807, 2.05) is 20.2 Å². The van der Waals surface area contributed by atoms with E-state index in [4.69, 9.17) is 11.0 Å². The minimum atomic E-state index is 0.0498. The summed E-state index contributed by atoms with van der Waals surface area (Å²) in [6, 6.07) is 7.50. The normalized spacial score (nSPS) is 11.3. The van der Waals surface area contributed by atoms with E-state index in [2.05, 4.69) is 30.1 Å². The lowest BCUT2D eigenvalue weighted by molar-refractivity contribution is 0.210. The summed E-state index contributed by atoms with van der Waals surface area (Å²) in [7, 11) is 4.09. The second-order valence-electron chi connectivity index (χ2n) is 4.97. The number of likely N-dealkylation sites (N-methyl/N-ethyl adjacent to an activating group) is 1. The second-order valence-corrected chi connectivity index (χ2v) is 4.97. The number of rotatable bonds is 4. The Bertz CT molecular complexity index is 430. The van der Waals surface area contributed by atoms with Crippen LogP contribution in [-0.4, -0.2) is 31.1 Å². The Kier molecular flexibility index (Phi) is 3.97. The molecule has 4 heteroatoms. The van der Waals surface area contributed by atoms with E-state index >= 15 is 0 Å². The SMILES string of the molecule is CN(C)C(C)(C)CNc1ccc(N)c(C#N)c1. The van der Waals surface area contributed by atoms with Crippen molar-refractivity contribution in [2.75, 3.05) is 31.7 Å². The van der Waals surface area contributed by atoms with Crippen LogP contribution in [-0.2, 0) is 0 Å². The van der Waals surface area contributed by atoms with Crippen molar-refractivity contribution in [1.29, 1.82) is 5.26 Å². The van der Waals surface area contributed by atoms with Crippen molar-refractivity contribution in [3.8, 4) is 6.07 Å². The Morgan fingerprint density at radius 1 is 1.41 bits per heavy atom. The third kappa shape index (κ3) is 3.36. The van der Waals surface area contributed by atoms with E-state index in [1.165, 1.54) is 0 Å². The highest BCUT2D eigenvalue weighted by molar-refractivity contribution is 5.61. The van der Waals surface area contributed by atoms with Gasteiger partial charge >= 0.3 is 0 Å². The Morgan fingerprint density at radius 2 is 2.06 bits per heavy atom. The number of nitriles is 1. The molecule has 0 unspecified atom stereocenters. The fraction of sp³-hybridized carbons (Fsp3) is 0.462. The van der Waals surface area contributed by atoms with Crippen molar-refractivity contribution in [2.45, 2.75) is 19.4 Å². The highest BCUT2D eigenvalue weighted by Crippen LogP contribution is 2.18. The van der Waals surface area contributed by atoms with Crippen LogP contribution in [0.3, 0.4) is 0 Å². The average molecular weight is 232 g/mol. The first-order chi connectivity index (χ1) is 7.86. The molecule has 0 saturated carbocycles. The van der Waals surface area contributed by atoms with Crippen LogP contribution in [0.5, 0.6) is 0 Å². The highest BCUT2D eigenvalue weighted by Gasteiger charge is 2.19. The molecule has 1 aromatic rings. The third-order valence-electron chi connectivity index (χ3n) is 3.11. The number of nitrogen functional groups attached to an aromatic ring is 1. The van der Waals surface area contributed by atoms with Gasteiger partial charge in [-0.05, 0) is 46.1 Å². The summed E-state index contributed by atoms with van der Waals surface area (Å²) in [4.78, 5) is 2.16. The summed E-state index contributed by atoms with van der Waals surface area (Å²) in [6.45, 7) is 5.11. The van der Waals surface area contributed by atoms with E-state index in [0.29, 0.717) is 11.3 Å². The topological polar surface area (TPSA) is 65.1 Å². The van der Waals surface area contributed by atoms with E-state index in [0.717, 1.165) is 12.2 Å². The molecular formula is C13H20N4.